The predicted octanol–water partition coefficient (Wildman–Crippen LogP) is 0.106. The average molecular weight is 178 g/mol. The summed E-state index contributed by atoms with van der Waals surface area (Å²) >= 11 is 0. The maximum absolute atomic E-state index is 5.31. The van der Waals surface area contributed by atoms with Gasteiger partial charge in [0, 0.05) is 17.7 Å². The van der Waals surface area contributed by atoms with Crippen LogP contribution in [0.5, 0.6) is 0 Å². The monoisotopic (exact) mass is 178 g/mol. The molecule has 0 fully saturated rings. The number of hydrazine groups is 1. The molecule has 0 unspecified atom stereocenters. The number of fused-ring (bicyclic) bond motifs is 1. The molecule has 13 heavy (non-hydrogen) atoms. The second-order valence-corrected chi connectivity index (χ2v) is 2.83. The third-order valence-electron chi connectivity index (χ3n) is 1.87. The first-order valence-corrected chi connectivity index (χ1v) is 3.91. The van der Waals surface area contributed by atoms with Crippen molar-refractivity contribution in [1.29, 1.82) is 0 Å². The van der Waals surface area contributed by atoms with E-state index in [2.05, 4.69) is 25.9 Å². The fourth-order valence-corrected chi connectivity index (χ4v) is 1.24. The highest BCUT2D eigenvalue weighted by Gasteiger charge is 2.14. The summed E-state index contributed by atoms with van der Waals surface area (Å²) in [4.78, 5) is 8.04. The Bertz CT molecular complexity index is 358. The minimum absolute atomic E-state index is 0.645. The number of hydrogen-bond acceptors (Lipinski definition) is 6. The van der Waals surface area contributed by atoms with Gasteiger partial charge in [0.15, 0.2) is 5.82 Å². The van der Waals surface area contributed by atoms with Crippen LogP contribution in [0.3, 0.4) is 0 Å². The lowest BCUT2D eigenvalue weighted by Gasteiger charge is -2.15. The molecule has 0 radical (unpaired) electrons. The molecule has 2 heterocycles. The lowest BCUT2D eigenvalue weighted by atomic mass is 10.1. The molecule has 0 aliphatic carbocycles. The molecule has 1 aliphatic heterocycles. The quantitative estimate of drug-likeness (QED) is 0.419. The number of rotatable bonds is 1. The Kier molecular flexibility index (Phi) is 1.82. The van der Waals surface area contributed by atoms with Crippen molar-refractivity contribution >= 4 is 17.3 Å². The highest BCUT2D eigenvalue weighted by Crippen LogP contribution is 2.22. The van der Waals surface area contributed by atoms with Crippen LogP contribution < -0.4 is 16.7 Å². The van der Waals surface area contributed by atoms with Gasteiger partial charge in [0.05, 0.1) is 0 Å². The number of anilines is 2. The van der Waals surface area contributed by atoms with Crippen molar-refractivity contribution in [2.45, 2.75) is 13.3 Å². The lowest BCUT2D eigenvalue weighted by molar-refractivity contribution is 1.04. The zero-order valence-electron chi connectivity index (χ0n) is 7.20. The third kappa shape index (κ3) is 1.31. The summed E-state index contributed by atoms with van der Waals surface area (Å²) in [6, 6.07) is 0. The van der Waals surface area contributed by atoms with Gasteiger partial charge in [-0.2, -0.15) is 5.10 Å². The number of nitrogens with one attached hydrogen (secondary N) is 2. The Hall–Kier alpha value is -1.69. The van der Waals surface area contributed by atoms with E-state index in [0.29, 0.717) is 11.6 Å². The van der Waals surface area contributed by atoms with Crippen molar-refractivity contribution in [3.05, 3.63) is 11.9 Å². The summed E-state index contributed by atoms with van der Waals surface area (Å²) in [7, 11) is 0. The largest absolute Gasteiger partial charge is 0.308 e. The normalized spacial score (nSPS) is 14.2. The molecule has 4 N–H and O–H groups in total. The van der Waals surface area contributed by atoms with Crippen molar-refractivity contribution < 1.29 is 0 Å². The van der Waals surface area contributed by atoms with Gasteiger partial charge in [0.1, 0.15) is 12.1 Å². The lowest BCUT2D eigenvalue weighted by Crippen LogP contribution is -2.18. The van der Waals surface area contributed by atoms with Gasteiger partial charge in [-0.05, 0) is 6.92 Å². The van der Waals surface area contributed by atoms with Gasteiger partial charge in [-0.15, -0.1) is 0 Å². The Labute approximate surface area is 75.2 Å². The predicted molar refractivity (Wildman–Crippen MR) is 50.3 cm³/mol. The number of hydrogen-bond donors (Lipinski definition) is 3. The van der Waals surface area contributed by atoms with Gasteiger partial charge in [0.25, 0.3) is 0 Å². The molecule has 1 aromatic rings. The smallest absolute Gasteiger partial charge is 0.155 e. The summed E-state index contributed by atoms with van der Waals surface area (Å²) in [6.45, 7) is 1.93. The molecule has 1 aromatic heterocycles. The molecule has 68 valence electrons. The summed E-state index contributed by atoms with van der Waals surface area (Å²) in [5.74, 6) is 6.67. The van der Waals surface area contributed by atoms with Gasteiger partial charge < -0.3 is 5.43 Å². The number of nitrogen functional groups attached to an aromatic ring is 1. The molecule has 0 bridgehead atoms. The number of hydrazone groups is 1. The van der Waals surface area contributed by atoms with E-state index in [1.54, 1.807) is 0 Å². The van der Waals surface area contributed by atoms with Crippen LogP contribution in [-0.4, -0.2) is 15.7 Å². The first kappa shape index (κ1) is 7.93. The van der Waals surface area contributed by atoms with E-state index in [-0.39, 0.29) is 0 Å². The average Bonchev–Trinajstić information content (AvgIpc) is 2.17. The highest BCUT2D eigenvalue weighted by molar-refractivity contribution is 5.89. The molecule has 0 saturated carbocycles. The zero-order valence-corrected chi connectivity index (χ0v) is 7.20. The minimum Gasteiger partial charge on any atom is -0.308 e. The molecule has 0 saturated heterocycles. The molecule has 0 aromatic carbocycles. The van der Waals surface area contributed by atoms with Crippen LogP contribution in [0.15, 0.2) is 11.4 Å². The zero-order chi connectivity index (χ0) is 9.26. The van der Waals surface area contributed by atoms with Crippen LogP contribution in [0.1, 0.15) is 12.5 Å². The number of aromatic nitrogens is 2. The summed E-state index contributed by atoms with van der Waals surface area (Å²) in [5.41, 5.74) is 7.30. The molecule has 6 nitrogen and oxygen atoms in total. The van der Waals surface area contributed by atoms with Crippen LogP contribution in [0, 0.1) is 0 Å². The van der Waals surface area contributed by atoms with E-state index < -0.39 is 0 Å². The Morgan fingerprint density at radius 1 is 1.54 bits per heavy atom. The fourth-order valence-electron chi connectivity index (χ4n) is 1.24. The maximum atomic E-state index is 5.31. The van der Waals surface area contributed by atoms with E-state index in [9.17, 15) is 0 Å². The SMILES string of the molecule is CC1=NNc2ncnc(NN)c2C1. The van der Waals surface area contributed by atoms with Gasteiger partial charge in [-0.1, -0.05) is 0 Å². The van der Waals surface area contributed by atoms with Crippen molar-refractivity contribution in [1.82, 2.24) is 9.97 Å². The molecular weight excluding hydrogens is 168 g/mol. The second kappa shape index (κ2) is 2.98. The molecule has 1 aliphatic rings. The van der Waals surface area contributed by atoms with E-state index in [1.165, 1.54) is 6.33 Å². The van der Waals surface area contributed by atoms with E-state index in [1.807, 2.05) is 6.92 Å². The third-order valence-corrected chi connectivity index (χ3v) is 1.87. The Morgan fingerprint density at radius 3 is 3.15 bits per heavy atom. The second-order valence-electron chi connectivity index (χ2n) is 2.83. The Morgan fingerprint density at radius 2 is 2.38 bits per heavy atom. The van der Waals surface area contributed by atoms with E-state index in [0.717, 1.165) is 17.7 Å². The number of nitrogens with zero attached hydrogens (tertiary/aromatic N) is 3. The highest BCUT2D eigenvalue weighted by atomic mass is 15.3. The Balaban J connectivity index is 2.46. The van der Waals surface area contributed by atoms with Crippen LogP contribution >= 0.6 is 0 Å². The molecule has 6 heteroatoms. The maximum Gasteiger partial charge on any atom is 0.155 e. The van der Waals surface area contributed by atoms with Gasteiger partial charge >= 0.3 is 0 Å². The molecule has 0 atom stereocenters. The molecule has 0 amide bonds. The van der Waals surface area contributed by atoms with Crippen molar-refractivity contribution in [2.24, 2.45) is 10.9 Å². The van der Waals surface area contributed by atoms with Crippen molar-refractivity contribution in [3.8, 4) is 0 Å². The topological polar surface area (TPSA) is 88.2 Å². The first-order valence-electron chi connectivity index (χ1n) is 3.91. The molecule has 0 spiro atoms. The molecular formula is C7H10N6. The minimum atomic E-state index is 0.645. The number of nitrogens with two attached hydrogens (primary N) is 1. The van der Waals surface area contributed by atoms with E-state index in [4.69, 9.17) is 5.84 Å². The van der Waals surface area contributed by atoms with Crippen molar-refractivity contribution in [2.75, 3.05) is 10.9 Å². The van der Waals surface area contributed by atoms with Crippen LogP contribution in [0.25, 0.3) is 0 Å². The van der Waals surface area contributed by atoms with Gasteiger partial charge in [-0.3, -0.25) is 5.43 Å². The summed E-state index contributed by atoms with van der Waals surface area (Å²) in [6.07, 6.45) is 2.17. The van der Waals surface area contributed by atoms with Crippen LogP contribution in [0.4, 0.5) is 11.6 Å². The van der Waals surface area contributed by atoms with Gasteiger partial charge in [0.2, 0.25) is 0 Å². The van der Waals surface area contributed by atoms with Crippen molar-refractivity contribution in [3.63, 3.8) is 0 Å². The van der Waals surface area contributed by atoms with E-state index >= 15 is 0 Å². The summed E-state index contributed by atoms with van der Waals surface area (Å²) in [5, 5.41) is 4.05. The van der Waals surface area contributed by atoms with Crippen LogP contribution in [0.2, 0.25) is 0 Å². The van der Waals surface area contributed by atoms with Crippen LogP contribution in [-0.2, 0) is 6.42 Å². The molecule has 2 rings (SSSR count). The first-order chi connectivity index (χ1) is 6.31. The standard InChI is InChI=1S/C7H10N6/c1-4-2-5-6(11-8)9-3-10-7(5)13-12-4/h3H,2,8H2,1H3,(H2,9,10,11,13). The summed E-state index contributed by atoms with van der Waals surface area (Å²) < 4.78 is 0. The van der Waals surface area contributed by atoms with Gasteiger partial charge in [-0.25, -0.2) is 15.8 Å². The fraction of sp³-hybridized carbons (Fsp3) is 0.286.